The minimum Gasteiger partial charge on any atom is -0.480 e. The summed E-state index contributed by atoms with van der Waals surface area (Å²) in [6, 6.07) is 0. The van der Waals surface area contributed by atoms with E-state index in [1.54, 1.807) is 13.0 Å². The second-order valence-electron chi connectivity index (χ2n) is 3.23. The van der Waals surface area contributed by atoms with E-state index in [-0.39, 0.29) is 5.78 Å². The average Bonchev–Trinajstić information content (AvgIpc) is 2.38. The van der Waals surface area contributed by atoms with E-state index in [1.165, 1.54) is 13.3 Å². The van der Waals surface area contributed by atoms with Crippen LogP contribution in [-0.4, -0.2) is 22.9 Å². The molecule has 0 amide bonds. The van der Waals surface area contributed by atoms with E-state index in [2.05, 4.69) is 9.97 Å². The Bertz CT molecular complexity index is 406. The summed E-state index contributed by atoms with van der Waals surface area (Å²) < 4.78 is 4.88. The van der Waals surface area contributed by atoms with Gasteiger partial charge >= 0.3 is 0 Å². The second-order valence-corrected chi connectivity index (χ2v) is 3.59. The highest BCUT2D eigenvalue weighted by atomic mass is 35.5. The molecule has 0 aliphatic rings. The zero-order valence-electron chi connectivity index (χ0n) is 11.2. The van der Waals surface area contributed by atoms with Crippen LogP contribution in [0, 0.1) is 0 Å². The SMILES string of the molecule is CC.COc1cnc(/C=C/CCC(C)=O)c(Cl)n1. The highest BCUT2D eigenvalue weighted by molar-refractivity contribution is 6.30. The Morgan fingerprint density at radius 1 is 1.50 bits per heavy atom. The summed E-state index contributed by atoms with van der Waals surface area (Å²) in [7, 11) is 1.50. The van der Waals surface area contributed by atoms with Crippen molar-refractivity contribution < 1.29 is 9.53 Å². The lowest BCUT2D eigenvalue weighted by molar-refractivity contribution is -0.116. The molecule has 1 aromatic heterocycles. The van der Waals surface area contributed by atoms with E-state index in [1.807, 2.05) is 19.9 Å². The maximum atomic E-state index is 10.7. The van der Waals surface area contributed by atoms with Crippen molar-refractivity contribution in [2.24, 2.45) is 0 Å². The fourth-order valence-electron chi connectivity index (χ4n) is 1.05. The molecule has 0 radical (unpaired) electrons. The standard InChI is InChI=1S/C11H13ClN2O2.C2H6/c1-8(15)5-3-4-6-9-11(12)14-10(16-2)7-13-9;1-2/h4,6-7H,3,5H2,1-2H3;1-2H3/b6-4+;. The molecule has 1 aromatic rings. The van der Waals surface area contributed by atoms with Crippen LogP contribution in [-0.2, 0) is 4.79 Å². The largest absolute Gasteiger partial charge is 0.480 e. The zero-order valence-corrected chi connectivity index (χ0v) is 12.0. The van der Waals surface area contributed by atoms with Gasteiger partial charge in [-0.05, 0) is 19.4 Å². The number of hydrogen-bond acceptors (Lipinski definition) is 4. The van der Waals surface area contributed by atoms with Crippen molar-refractivity contribution in [1.82, 2.24) is 9.97 Å². The van der Waals surface area contributed by atoms with Gasteiger partial charge in [0.25, 0.3) is 0 Å². The van der Waals surface area contributed by atoms with Crippen molar-refractivity contribution >= 4 is 23.5 Å². The van der Waals surface area contributed by atoms with Crippen LogP contribution in [0.4, 0.5) is 0 Å². The molecule has 0 aliphatic heterocycles. The zero-order chi connectivity index (χ0) is 14.0. The Labute approximate surface area is 113 Å². The first kappa shape index (κ1) is 16.6. The second kappa shape index (κ2) is 9.59. The van der Waals surface area contributed by atoms with E-state index in [0.717, 1.165) is 0 Å². The molecular weight excluding hydrogens is 252 g/mol. The number of ether oxygens (including phenoxy) is 1. The molecule has 0 bridgehead atoms. The van der Waals surface area contributed by atoms with Crippen LogP contribution in [0.2, 0.25) is 5.15 Å². The maximum Gasteiger partial charge on any atom is 0.233 e. The molecule has 1 heterocycles. The number of carbonyl (C=O) groups is 1. The van der Waals surface area contributed by atoms with E-state index >= 15 is 0 Å². The topological polar surface area (TPSA) is 52.1 Å². The summed E-state index contributed by atoms with van der Waals surface area (Å²) in [6.07, 6.45) is 6.30. The Morgan fingerprint density at radius 3 is 2.67 bits per heavy atom. The molecule has 100 valence electrons. The first-order chi connectivity index (χ1) is 8.63. The Hall–Kier alpha value is -1.42. The number of halogens is 1. The van der Waals surface area contributed by atoms with Gasteiger partial charge in [-0.1, -0.05) is 31.5 Å². The number of allylic oxidation sites excluding steroid dienone is 1. The van der Waals surface area contributed by atoms with E-state index in [9.17, 15) is 4.79 Å². The third kappa shape index (κ3) is 6.35. The molecule has 4 nitrogen and oxygen atoms in total. The quantitative estimate of drug-likeness (QED) is 0.821. The van der Waals surface area contributed by atoms with Gasteiger partial charge in [-0.15, -0.1) is 0 Å². The summed E-state index contributed by atoms with van der Waals surface area (Å²) in [5, 5.41) is 0.290. The molecule has 5 heteroatoms. The fraction of sp³-hybridized carbons (Fsp3) is 0.462. The number of methoxy groups -OCH3 is 1. The molecule has 1 rings (SSSR count). The van der Waals surface area contributed by atoms with E-state index < -0.39 is 0 Å². The number of aromatic nitrogens is 2. The van der Waals surface area contributed by atoms with Gasteiger partial charge in [0, 0.05) is 6.42 Å². The molecule has 0 saturated heterocycles. The van der Waals surface area contributed by atoms with Gasteiger partial charge in [0.15, 0.2) is 5.15 Å². The summed E-state index contributed by atoms with van der Waals surface area (Å²) >= 11 is 5.88. The van der Waals surface area contributed by atoms with Crippen molar-refractivity contribution in [2.75, 3.05) is 7.11 Å². The van der Waals surface area contributed by atoms with Gasteiger partial charge in [0.05, 0.1) is 13.3 Å². The number of Topliss-reactive ketones (excluding diaryl/α,β-unsaturated/α-hetero) is 1. The first-order valence-electron chi connectivity index (χ1n) is 5.86. The van der Waals surface area contributed by atoms with Crippen LogP contribution in [0.1, 0.15) is 39.3 Å². The molecular formula is C13H19ClN2O2. The van der Waals surface area contributed by atoms with E-state index in [0.29, 0.717) is 29.6 Å². The smallest absolute Gasteiger partial charge is 0.233 e. The lowest BCUT2D eigenvalue weighted by atomic mass is 10.2. The highest BCUT2D eigenvalue weighted by Gasteiger charge is 2.01. The van der Waals surface area contributed by atoms with Crippen LogP contribution in [0.15, 0.2) is 12.3 Å². The van der Waals surface area contributed by atoms with Crippen molar-refractivity contribution in [3.05, 3.63) is 23.1 Å². The normalized spacial score (nSPS) is 9.83. The van der Waals surface area contributed by atoms with Gasteiger partial charge in [0.2, 0.25) is 5.88 Å². The Kier molecular flexibility index (Phi) is 8.84. The van der Waals surface area contributed by atoms with Crippen LogP contribution < -0.4 is 4.74 Å². The summed E-state index contributed by atoms with van der Waals surface area (Å²) in [5.74, 6) is 0.544. The molecule has 0 saturated carbocycles. The third-order valence-electron chi connectivity index (χ3n) is 1.88. The van der Waals surface area contributed by atoms with Crippen LogP contribution in [0.3, 0.4) is 0 Å². The van der Waals surface area contributed by atoms with Crippen molar-refractivity contribution in [1.29, 1.82) is 0 Å². The molecule has 0 aliphatic carbocycles. The number of nitrogens with zero attached hydrogens (tertiary/aromatic N) is 2. The molecule has 0 unspecified atom stereocenters. The van der Waals surface area contributed by atoms with Crippen molar-refractivity contribution in [3.8, 4) is 5.88 Å². The number of hydrogen-bond donors (Lipinski definition) is 0. The first-order valence-corrected chi connectivity index (χ1v) is 6.23. The van der Waals surface area contributed by atoms with Crippen molar-refractivity contribution in [2.45, 2.75) is 33.6 Å². The number of ketones is 1. The molecule has 0 atom stereocenters. The fourth-order valence-corrected chi connectivity index (χ4v) is 1.25. The lowest BCUT2D eigenvalue weighted by Gasteiger charge is -2.00. The van der Waals surface area contributed by atoms with E-state index in [4.69, 9.17) is 16.3 Å². The van der Waals surface area contributed by atoms with Gasteiger partial charge < -0.3 is 9.53 Å². The monoisotopic (exact) mass is 270 g/mol. The molecule has 0 N–H and O–H groups in total. The minimum absolute atomic E-state index is 0.163. The molecule has 18 heavy (non-hydrogen) atoms. The predicted octanol–water partition coefficient (Wildman–Crippen LogP) is 3.55. The van der Waals surface area contributed by atoms with Gasteiger partial charge in [-0.2, -0.15) is 4.98 Å². The Morgan fingerprint density at radius 2 is 2.17 bits per heavy atom. The number of carbonyl (C=O) groups excluding carboxylic acids is 1. The highest BCUT2D eigenvalue weighted by Crippen LogP contribution is 2.16. The van der Waals surface area contributed by atoms with Crippen LogP contribution in [0.5, 0.6) is 5.88 Å². The predicted molar refractivity (Wildman–Crippen MR) is 73.9 cm³/mol. The molecule has 0 aromatic carbocycles. The summed E-state index contributed by atoms with van der Waals surface area (Å²) in [4.78, 5) is 18.7. The molecule has 0 spiro atoms. The maximum absolute atomic E-state index is 10.7. The number of rotatable bonds is 5. The lowest BCUT2D eigenvalue weighted by Crippen LogP contribution is -1.92. The minimum atomic E-state index is 0.163. The average molecular weight is 271 g/mol. The van der Waals surface area contributed by atoms with Gasteiger partial charge in [-0.3, -0.25) is 0 Å². The summed E-state index contributed by atoms with van der Waals surface area (Å²) in [5.41, 5.74) is 0.575. The van der Waals surface area contributed by atoms with Gasteiger partial charge in [-0.25, -0.2) is 4.98 Å². The van der Waals surface area contributed by atoms with Crippen LogP contribution >= 0.6 is 11.6 Å². The molecule has 0 fully saturated rings. The van der Waals surface area contributed by atoms with Crippen LogP contribution in [0.25, 0.3) is 6.08 Å². The summed E-state index contributed by atoms with van der Waals surface area (Å²) in [6.45, 7) is 5.56. The van der Waals surface area contributed by atoms with Gasteiger partial charge in [0.1, 0.15) is 11.5 Å². The third-order valence-corrected chi connectivity index (χ3v) is 2.16. The Balaban J connectivity index is 0.00000137. The van der Waals surface area contributed by atoms with Crippen molar-refractivity contribution in [3.63, 3.8) is 0 Å².